The zero-order valence-corrected chi connectivity index (χ0v) is 11.5. The molecule has 21 heavy (non-hydrogen) atoms. The summed E-state index contributed by atoms with van der Waals surface area (Å²) >= 11 is 0. The fourth-order valence-corrected chi connectivity index (χ4v) is 2.29. The molecule has 1 saturated heterocycles. The van der Waals surface area contributed by atoms with Gasteiger partial charge in [-0.3, -0.25) is 9.59 Å². The van der Waals surface area contributed by atoms with Crippen LogP contribution in [0, 0.1) is 6.92 Å². The molecule has 0 bridgehead atoms. The number of ether oxygens (including phenoxy) is 1. The van der Waals surface area contributed by atoms with E-state index in [0.717, 1.165) is 5.69 Å². The van der Waals surface area contributed by atoms with Crippen molar-refractivity contribution in [2.75, 3.05) is 19.8 Å². The van der Waals surface area contributed by atoms with Crippen molar-refractivity contribution in [2.45, 2.75) is 13.0 Å². The van der Waals surface area contributed by atoms with Crippen LogP contribution in [0.2, 0.25) is 0 Å². The van der Waals surface area contributed by atoms with Gasteiger partial charge in [0.25, 0.3) is 11.5 Å². The number of carbonyl (C=O) groups excluding carboxylic acids is 1. The van der Waals surface area contributed by atoms with Crippen LogP contribution in [0.4, 0.5) is 0 Å². The molecule has 0 radical (unpaired) electrons. The van der Waals surface area contributed by atoms with Crippen LogP contribution < -0.4 is 5.56 Å². The average Bonchev–Trinajstić information content (AvgIpc) is 2.94. The van der Waals surface area contributed by atoms with E-state index in [-0.39, 0.29) is 23.2 Å². The molecule has 0 aromatic carbocycles. The zero-order valence-electron chi connectivity index (χ0n) is 11.5. The fraction of sp³-hybridized carbons (Fsp3) is 0.385. The van der Waals surface area contributed by atoms with Crippen molar-refractivity contribution >= 4 is 5.91 Å². The summed E-state index contributed by atoms with van der Waals surface area (Å²) in [5, 5.41) is 6.06. The molecule has 1 amide bonds. The molecule has 0 saturated carbocycles. The molecular weight excluding hydrogens is 274 g/mol. The molecule has 110 valence electrons. The lowest BCUT2D eigenvalue weighted by Gasteiger charge is -2.34. The third-order valence-electron chi connectivity index (χ3n) is 3.33. The lowest BCUT2D eigenvalue weighted by molar-refractivity contribution is -0.00538. The average molecular weight is 289 g/mol. The van der Waals surface area contributed by atoms with Gasteiger partial charge >= 0.3 is 0 Å². The summed E-state index contributed by atoms with van der Waals surface area (Å²) in [6.45, 7) is 3.19. The summed E-state index contributed by atoms with van der Waals surface area (Å²) in [7, 11) is 0. The number of hydrogen-bond acceptors (Lipinski definition) is 5. The Kier molecular flexibility index (Phi) is 3.53. The van der Waals surface area contributed by atoms with Gasteiger partial charge in [0.1, 0.15) is 17.6 Å². The van der Waals surface area contributed by atoms with E-state index in [4.69, 9.17) is 4.74 Å². The Labute approximate surface area is 120 Å². The predicted molar refractivity (Wildman–Crippen MR) is 72.8 cm³/mol. The van der Waals surface area contributed by atoms with Gasteiger partial charge in [-0.1, -0.05) is 0 Å². The van der Waals surface area contributed by atoms with Crippen molar-refractivity contribution in [3.8, 4) is 0 Å². The molecule has 1 atom stereocenters. The van der Waals surface area contributed by atoms with E-state index in [9.17, 15) is 9.59 Å². The molecule has 1 aliphatic rings. The van der Waals surface area contributed by atoms with Gasteiger partial charge in [0.15, 0.2) is 0 Å². The standard InChI is InChI=1S/C13H15N5O3/c1-8-6-14-12(15-8)10-7-21-5-4-18(10)13(20)9-2-3-11(19)17-16-9/h2-3,6,10H,4-5,7H2,1H3,(H,14,15)(H,17,19)/t10-/m1/s1. The molecule has 2 aromatic heterocycles. The number of aryl methyl sites for hydroxylation is 1. The van der Waals surface area contributed by atoms with Crippen LogP contribution in [0.15, 0.2) is 23.1 Å². The number of amides is 1. The number of nitrogens with one attached hydrogen (secondary N) is 2. The smallest absolute Gasteiger partial charge is 0.275 e. The molecule has 8 nitrogen and oxygen atoms in total. The van der Waals surface area contributed by atoms with E-state index in [1.54, 1.807) is 11.1 Å². The Morgan fingerprint density at radius 3 is 3.00 bits per heavy atom. The lowest BCUT2D eigenvalue weighted by Crippen LogP contribution is -2.44. The maximum atomic E-state index is 12.5. The molecule has 1 aliphatic heterocycles. The molecule has 2 aromatic rings. The summed E-state index contributed by atoms with van der Waals surface area (Å²) in [5.74, 6) is 0.429. The number of rotatable bonds is 2. The number of carbonyl (C=O) groups is 1. The minimum Gasteiger partial charge on any atom is -0.377 e. The number of H-pyrrole nitrogens is 2. The van der Waals surface area contributed by atoms with Crippen LogP contribution >= 0.6 is 0 Å². The van der Waals surface area contributed by atoms with Gasteiger partial charge in [-0.25, -0.2) is 10.1 Å². The molecular formula is C13H15N5O3. The largest absolute Gasteiger partial charge is 0.377 e. The first-order chi connectivity index (χ1) is 10.1. The van der Waals surface area contributed by atoms with Crippen LogP contribution in [0.5, 0.6) is 0 Å². The van der Waals surface area contributed by atoms with Gasteiger partial charge in [-0.2, -0.15) is 5.10 Å². The molecule has 1 fully saturated rings. The Morgan fingerprint density at radius 1 is 1.48 bits per heavy atom. The molecule has 3 heterocycles. The summed E-state index contributed by atoms with van der Waals surface area (Å²) < 4.78 is 5.45. The van der Waals surface area contributed by atoms with Crippen molar-refractivity contribution in [1.29, 1.82) is 0 Å². The Bertz CT molecular complexity index is 687. The Hall–Kier alpha value is -2.48. The van der Waals surface area contributed by atoms with E-state index in [1.165, 1.54) is 12.1 Å². The van der Waals surface area contributed by atoms with Crippen molar-refractivity contribution < 1.29 is 9.53 Å². The maximum absolute atomic E-state index is 12.5. The highest BCUT2D eigenvalue weighted by molar-refractivity contribution is 5.92. The second kappa shape index (κ2) is 5.49. The van der Waals surface area contributed by atoms with Gasteiger partial charge in [0, 0.05) is 24.5 Å². The summed E-state index contributed by atoms with van der Waals surface area (Å²) in [5.41, 5.74) is 0.779. The van der Waals surface area contributed by atoms with E-state index in [2.05, 4.69) is 20.2 Å². The highest BCUT2D eigenvalue weighted by atomic mass is 16.5. The van der Waals surface area contributed by atoms with Crippen LogP contribution in [-0.2, 0) is 4.74 Å². The van der Waals surface area contributed by atoms with Gasteiger partial charge in [0.2, 0.25) is 0 Å². The number of morpholine rings is 1. The number of aromatic nitrogens is 4. The third kappa shape index (κ3) is 2.70. The second-order valence-electron chi connectivity index (χ2n) is 4.85. The first-order valence-corrected chi connectivity index (χ1v) is 6.61. The molecule has 2 N–H and O–H groups in total. The zero-order chi connectivity index (χ0) is 14.8. The third-order valence-corrected chi connectivity index (χ3v) is 3.33. The molecule has 3 rings (SSSR count). The summed E-state index contributed by atoms with van der Waals surface area (Å²) in [4.78, 5) is 32.6. The second-order valence-corrected chi connectivity index (χ2v) is 4.85. The molecule has 0 aliphatic carbocycles. The highest BCUT2D eigenvalue weighted by Crippen LogP contribution is 2.23. The van der Waals surface area contributed by atoms with Crippen molar-refractivity contribution in [3.63, 3.8) is 0 Å². The maximum Gasteiger partial charge on any atom is 0.275 e. The van der Waals surface area contributed by atoms with Crippen molar-refractivity contribution in [3.05, 3.63) is 45.9 Å². The molecule has 0 unspecified atom stereocenters. The number of imidazole rings is 1. The SMILES string of the molecule is Cc1cnc([C@H]2COCCN2C(=O)c2ccc(=O)[nH]n2)[nH]1. The highest BCUT2D eigenvalue weighted by Gasteiger charge is 2.31. The van der Waals surface area contributed by atoms with Crippen LogP contribution in [-0.4, -0.2) is 50.7 Å². The van der Waals surface area contributed by atoms with E-state index in [0.29, 0.717) is 25.6 Å². The van der Waals surface area contributed by atoms with Gasteiger partial charge in [-0.05, 0) is 13.0 Å². The van der Waals surface area contributed by atoms with E-state index in [1.807, 2.05) is 6.92 Å². The Balaban J connectivity index is 1.88. The lowest BCUT2D eigenvalue weighted by atomic mass is 10.2. The van der Waals surface area contributed by atoms with Gasteiger partial charge in [-0.15, -0.1) is 0 Å². The first-order valence-electron chi connectivity index (χ1n) is 6.61. The predicted octanol–water partition coefficient (Wildman–Crippen LogP) is 0.0151. The number of hydrogen-bond donors (Lipinski definition) is 2. The van der Waals surface area contributed by atoms with Crippen molar-refractivity contribution in [1.82, 2.24) is 25.1 Å². The minimum absolute atomic E-state index is 0.199. The Morgan fingerprint density at radius 2 is 2.33 bits per heavy atom. The molecule has 0 spiro atoms. The molecule has 8 heteroatoms. The number of aromatic amines is 2. The monoisotopic (exact) mass is 289 g/mol. The van der Waals surface area contributed by atoms with Crippen LogP contribution in [0.3, 0.4) is 0 Å². The van der Waals surface area contributed by atoms with E-state index < -0.39 is 0 Å². The number of nitrogens with zero attached hydrogens (tertiary/aromatic N) is 3. The minimum atomic E-state index is -0.341. The normalized spacial score (nSPS) is 18.7. The van der Waals surface area contributed by atoms with Gasteiger partial charge < -0.3 is 14.6 Å². The van der Waals surface area contributed by atoms with E-state index >= 15 is 0 Å². The quantitative estimate of drug-likeness (QED) is 0.810. The van der Waals surface area contributed by atoms with Crippen LogP contribution in [0.25, 0.3) is 0 Å². The summed E-state index contributed by atoms with van der Waals surface area (Å²) in [6, 6.07) is 2.42. The van der Waals surface area contributed by atoms with Gasteiger partial charge in [0.05, 0.1) is 13.2 Å². The summed E-state index contributed by atoms with van der Waals surface area (Å²) in [6.07, 6.45) is 1.71. The van der Waals surface area contributed by atoms with Crippen molar-refractivity contribution in [2.24, 2.45) is 0 Å². The topological polar surface area (TPSA) is 104 Å². The first kappa shape index (κ1) is 13.5. The fourth-order valence-electron chi connectivity index (χ4n) is 2.29. The van der Waals surface area contributed by atoms with Crippen LogP contribution in [0.1, 0.15) is 28.0 Å².